The van der Waals surface area contributed by atoms with Crippen LogP contribution in [-0.2, 0) is 4.74 Å². The molecule has 0 radical (unpaired) electrons. The van der Waals surface area contributed by atoms with Gasteiger partial charge in [0.05, 0.1) is 29.2 Å². The van der Waals surface area contributed by atoms with Crippen molar-refractivity contribution in [2.45, 2.75) is 13.0 Å². The maximum atomic E-state index is 13.7. The maximum Gasteiger partial charge on any atom is 0.338 e. The molecule has 180 valence electrons. The molecule has 7 nitrogen and oxygen atoms in total. The number of fused-ring (bicyclic) bond motifs is 2. The van der Waals surface area contributed by atoms with Gasteiger partial charge in [-0.05, 0) is 61.0 Å². The van der Waals surface area contributed by atoms with Crippen LogP contribution in [0.3, 0.4) is 0 Å². The molecule has 0 aliphatic carbocycles. The molecule has 7 heteroatoms. The van der Waals surface area contributed by atoms with Crippen LogP contribution in [0.2, 0.25) is 0 Å². The van der Waals surface area contributed by atoms with Crippen LogP contribution in [0.15, 0.2) is 94.7 Å². The Hall–Kier alpha value is -4.65. The van der Waals surface area contributed by atoms with E-state index in [0.717, 1.165) is 0 Å². The predicted molar refractivity (Wildman–Crippen MR) is 136 cm³/mol. The second-order valence-corrected chi connectivity index (χ2v) is 8.19. The van der Waals surface area contributed by atoms with Crippen molar-refractivity contribution in [2.24, 2.45) is 0 Å². The van der Waals surface area contributed by atoms with Crippen molar-refractivity contribution in [3.63, 3.8) is 0 Å². The lowest BCUT2D eigenvalue weighted by Gasteiger charge is -2.25. The summed E-state index contributed by atoms with van der Waals surface area (Å²) in [5.74, 6) is -0.322. The second kappa shape index (κ2) is 9.54. The summed E-state index contributed by atoms with van der Waals surface area (Å²) in [4.78, 5) is 41.0. The molecule has 0 bridgehead atoms. The van der Waals surface area contributed by atoms with Crippen LogP contribution in [0.5, 0.6) is 5.75 Å². The average Bonchev–Trinajstić information content (AvgIpc) is 3.20. The average molecular weight is 482 g/mol. The SMILES string of the molecule is C=CCOc1cccc(C2c3c(oc4ccccc4c3=O)C(=O)N2c2ccc(C(=O)OCC)cc2)c1. The van der Waals surface area contributed by atoms with Gasteiger partial charge in [0.2, 0.25) is 5.76 Å². The summed E-state index contributed by atoms with van der Waals surface area (Å²) in [5.41, 5.74) is 1.88. The molecule has 1 atom stereocenters. The highest BCUT2D eigenvalue weighted by Gasteiger charge is 2.43. The highest BCUT2D eigenvalue weighted by atomic mass is 16.5. The Morgan fingerprint density at radius 2 is 1.83 bits per heavy atom. The van der Waals surface area contributed by atoms with Crippen molar-refractivity contribution in [3.8, 4) is 5.75 Å². The molecule has 1 aliphatic rings. The number of carbonyl (C=O) groups excluding carboxylic acids is 2. The summed E-state index contributed by atoms with van der Waals surface area (Å²) < 4.78 is 16.7. The zero-order chi connectivity index (χ0) is 25.2. The minimum Gasteiger partial charge on any atom is -0.490 e. The topological polar surface area (TPSA) is 86.0 Å². The number of amides is 1. The van der Waals surface area contributed by atoms with Crippen LogP contribution in [0, 0.1) is 0 Å². The summed E-state index contributed by atoms with van der Waals surface area (Å²) in [5, 5.41) is 0.396. The number of esters is 1. The quantitative estimate of drug-likeness (QED) is 0.264. The predicted octanol–water partition coefficient (Wildman–Crippen LogP) is 5.28. The van der Waals surface area contributed by atoms with Crippen LogP contribution in [0.25, 0.3) is 11.0 Å². The van der Waals surface area contributed by atoms with E-state index in [1.165, 1.54) is 4.90 Å². The molecule has 1 amide bonds. The van der Waals surface area contributed by atoms with Crippen molar-refractivity contribution in [2.75, 3.05) is 18.1 Å². The van der Waals surface area contributed by atoms with Crippen molar-refractivity contribution >= 4 is 28.5 Å². The lowest BCUT2D eigenvalue weighted by Crippen LogP contribution is -2.29. The number of para-hydroxylation sites is 1. The Labute approximate surface area is 207 Å². The molecular weight excluding hydrogens is 458 g/mol. The molecule has 1 aromatic heterocycles. The molecule has 1 unspecified atom stereocenters. The second-order valence-electron chi connectivity index (χ2n) is 8.19. The van der Waals surface area contributed by atoms with Gasteiger partial charge in [0.15, 0.2) is 5.43 Å². The molecule has 36 heavy (non-hydrogen) atoms. The van der Waals surface area contributed by atoms with Crippen LogP contribution in [0.4, 0.5) is 5.69 Å². The van der Waals surface area contributed by atoms with E-state index < -0.39 is 17.9 Å². The number of carbonyl (C=O) groups is 2. The summed E-state index contributed by atoms with van der Waals surface area (Å²) in [6.45, 7) is 5.98. The molecular formula is C29H23NO6. The molecule has 0 fully saturated rings. The van der Waals surface area contributed by atoms with Gasteiger partial charge in [0.25, 0.3) is 5.91 Å². The van der Waals surface area contributed by atoms with E-state index in [-0.39, 0.29) is 23.4 Å². The van der Waals surface area contributed by atoms with Gasteiger partial charge in [0.1, 0.15) is 17.9 Å². The Morgan fingerprint density at radius 3 is 2.58 bits per heavy atom. The van der Waals surface area contributed by atoms with Gasteiger partial charge >= 0.3 is 5.97 Å². The number of nitrogens with zero attached hydrogens (tertiary/aromatic N) is 1. The molecule has 1 aliphatic heterocycles. The van der Waals surface area contributed by atoms with Gasteiger partial charge in [0, 0.05) is 5.69 Å². The first-order chi connectivity index (χ1) is 17.5. The van der Waals surface area contributed by atoms with Crippen LogP contribution in [-0.4, -0.2) is 25.1 Å². The highest BCUT2D eigenvalue weighted by Crippen LogP contribution is 2.42. The Balaban J connectivity index is 1.68. The molecule has 0 saturated carbocycles. The standard InChI is InChI=1S/C29H23NO6/c1-3-16-35-21-9-7-8-19(17-21)25-24-26(31)22-10-5-6-11-23(22)36-27(24)28(32)30(25)20-14-12-18(13-15-20)29(33)34-4-2/h3,5-15,17,25H,1,4,16H2,2H3. The third kappa shape index (κ3) is 3.94. The molecule has 0 saturated heterocycles. The minimum absolute atomic E-state index is 0.00409. The van der Waals surface area contributed by atoms with E-state index in [1.807, 2.05) is 6.07 Å². The van der Waals surface area contributed by atoms with Crippen LogP contribution in [0.1, 0.15) is 45.0 Å². The molecule has 0 spiro atoms. The fourth-order valence-electron chi connectivity index (χ4n) is 4.40. The van der Waals surface area contributed by atoms with E-state index in [4.69, 9.17) is 13.9 Å². The van der Waals surface area contributed by atoms with Crippen molar-refractivity contribution < 1.29 is 23.5 Å². The summed E-state index contributed by atoms with van der Waals surface area (Å²) in [6.07, 6.45) is 1.64. The minimum atomic E-state index is -0.755. The third-order valence-electron chi connectivity index (χ3n) is 5.98. The maximum absolute atomic E-state index is 13.7. The van der Waals surface area contributed by atoms with Gasteiger partial charge in [-0.15, -0.1) is 0 Å². The van der Waals surface area contributed by atoms with E-state index in [1.54, 1.807) is 79.7 Å². The van der Waals surface area contributed by atoms with E-state index in [0.29, 0.717) is 40.1 Å². The molecule has 5 rings (SSSR count). The zero-order valence-corrected chi connectivity index (χ0v) is 19.6. The summed E-state index contributed by atoms with van der Waals surface area (Å²) >= 11 is 0. The molecule has 0 N–H and O–H groups in total. The van der Waals surface area contributed by atoms with Gasteiger partial charge in [-0.2, -0.15) is 0 Å². The normalized spacial score (nSPS) is 14.5. The number of anilines is 1. The highest BCUT2D eigenvalue weighted by molar-refractivity contribution is 6.10. The van der Waals surface area contributed by atoms with Gasteiger partial charge in [-0.3, -0.25) is 14.5 Å². The van der Waals surface area contributed by atoms with Gasteiger partial charge in [-0.25, -0.2) is 4.79 Å². The lowest BCUT2D eigenvalue weighted by atomic mass is 9.98. The van der Waals surface area contributed by atoms with E-state index >= 15 is 0 Å². The monoisotopic (exact) mass is 481 g/mol. The number of benzene rings is 3. The van der Waals surface area contributed by atoms with E-state index in [9.17, 15) is 14.4 Å². The molecule has 3 aromatic carbocycles. The Kier molecular flexibility index (Phi) is 6.12. The first-order valence-corrected chi connectivity index (χ1v) is 11.5. The molecule has 4 aromatic rings. The summed E-state index contributed by atoms with van der Waals surface area (Å²) in [6, 6.07) is 19.8. The first kappa shape index (κ1) is 23.1. The number of ether oxygens (including phenoxy) is 2. The molecule has 2 heterocycles. The smallest absolute Gasteiger partial charge is 0.338 e. The Morgan fingerprint density at radius 1 is 1.06 bits per heavy atom. The van der Waals surface area contributed by atoms with Gasteiger partial charge < -0.3 is 13.9 Å². The van der Waals surface area contributed by atoms with Crippen molar-refractivity contribution in [1.29, 1.82) is 0 Å². The summed E-state index contributed by atoms with van der Waals surface area (Å²) in [7, 11) is 0. The number of hydrogen-bond acceptors (Lipinski definition) is 6. The third-order valence-corrected chi connectivity index (χ3v) is 5.98. The first-order valence-electron chi connectivity index (χ1n) is 11.5. The van der Waals surface area contributed by atoms with Crippen LogP contribution >= 0.6 is 0 Å². The number of rotatable bonds is 7. The Bertz CT molecular complexity index is 1540. The van der Waals surface area contributed by atoms with Gasteiger partial charge in [-0.1, -0.05) is 36.9 Å². The van der Waals surface area contributed by atoms with Crippen molar-refractivity contribution in [1.82, 2.24) is 0 Å². The fourth-order valence-corrected chi connectivity index (χ4v) is 4.40. The van der Waals surface area contributed by atoms with Crippen molar-refractivity contribution in [3.05, 3.63) is 118 Å². The lowest BCUT2D eigenvalue weighted by molar-refractivity contribution is 0.0526. The van der Waals surface area contributed by atoms with E-state index in [2.05, 4.69) is 6.58 Å². The number of hydrogen-bond donors (Lipinski definition) is 0. The van der Waals surface area contributed by atoms with Crippen LogP contribution < -0.4 is 15.1 Å². The zero-order valence-electron chi connectivity index (χ0n) is 19.6. The fraction of sp³-hybridized carbons (Fsp3) is 0.138. The largest absolute Gasteiger partial charge is 0.490 e.